The van der Waals surface area contributed by atoms with Gasteiger partial charge >= 0.3 is 6.18 Å². The highest BCUT2D eigenvalue weighted by Crippen LogP contribution is 2.30. The van der Waals surface area contributed by atoms with Gasteiger partial charge in [0.05, 0.1) is 42.4 Å². The third kappa shape index (κ3) is 13.5. The molecule has 11 nitrogen and oxygen atoms in total. The van der Waals surface area contributed by atoms with Gasteiger partial charge in [-0.1, -0.05) is 19.1 Å². The van der Waals surface area contributed by atoms with Gasteiger partial charge < -0.3 is 30.2 Å². The Morgan fingerprint density at radius 2 is 1.83 bits per heavy atom. The molecule has 3 aromatic rings. The topological polar surface area (TPSA) is 145 Å². The number of aldehydes is 1. The quantitative estimate of drug-likeness (QED) is 0.173. The lowest BCUT2D eigenvalue weighted by atomic mass is 10.00. The monoisotopic (exact) mass is 659 g/mol. The van der Waals surface area contributed by atoms with Crippen LogP contribution in [0.1, 0.15) is 58.9 Å². The number of pyridine rings is 1. The fraction of sp³-hybridized carbons (Fsp3) is 0.455. The number of hydrogen-bond acceptors (Lipinski definition) is 10. The Bertz CT molecular complexity index is 1410. The number of piperidine rings is 1. The summed E-state index contributed by atoms with van der Waals surface area (Å²) in [6.45, 7) is 8.40. The van der Waals surface area contributed by atoms with E-state index in [0.717, 1.165) is 30.5 Å². The summed E-state index contributed by atoms with van der Waals surface area (Å²) in [5, 5.41) is 2.36. The second-order valence-corrected chi connectivity index (χ2v) is 10.8. The Kier molecular flexibility index (Phi) is 16.6. The Morgan fingerprint density at radius 1 is 1.13 bits per heavy atom. The number of benzene rings is 1. The molecule has 1 atom stereocenters. The summed E-state index contributed by atoms with van der Waals surface area (Å²) in [4.78, 5) is 40.7. The molecule has 0 saturated carbocycles. The molecular formula is C33H44F3N7O4. The minimum absolute atomic E-state index is 0.195. The average Bonchev–Trinajstić information content (AvgIpc) is 3.03. The van der Waals surface area contributed by atoms with E-state index >= 15 is 0 Å². The highest BCUT2D eigenvalue weighted by atomic mass is 19.4. The van der Waals surface area contributed by atoms with Gasteiger partial charge in [-0.05, 0) is 63.5 Å². The number of rotatable bonds is 10. The molecule has 1 aliphatic rings. The molecule has 0 bridgehead atoms. The van der Waals surface area contributed by atoms with Gasteiger partial charge in [-0.15, -0.1) is 0 Å². The number of amides is 1. The number of hydrogen-bond donors (Lipinski definition) is 2. The zero-order chi connectivity index (χ0) is 34.8. The molecule has 3 N–H and O–H groups in total. The number of methoxy groups -OCH3 is 1. The van der Waals surface area contributed by atoms with Crippen LogP contribution >= 0.6 is 0 Å². The maximum Gasteiger partial charge on any atom is 0.416 e. The fourth-order valence-electron chi connectivity index (χ4n) is 4.61. The van der Waals surface area contributed by atoms with Crippen LogP contribution in [0.3, 0.4) is 0 Å². The number of carbonyl (C=O) groups is 2. The molecule has 1 saturated heterocycles. The zero-order valence-electron chi connectivity index (χ0n) is 27.5. The number of nitrogens with zero attached hydrogens (tertiary/aromatic N) is 5. The van der Waals surface area contributed by atoms with Crippen molar-refractivity contribution in [2.24, 2.45) is 10.9 Å². The minimum Gasteiger partial charge on any atom is -0.383 e. The van der Waals surface area contributed by atoms with E-state index < -0.39 is 17.6 Å². The van der Waals surface area contributed by atoms with E-state index in [1.54, 1.807) is 33.2 Å². The zero-order valence-corrected chi connectivity index (χ0v) is 27.5. The first kappa shape index (κ1) is 38.9. The number of ether oxygens (including phenoxy) is 2. The van der Waals surface area contributed by atoms with Gasteiger partial charge in [0.15, 0.2) is 0 Å². The van der Waals surface area contributed by atoms with Crippen molar-refractivity contribution in [1.29, 1.82) is 0 Å². The Hall–Kier alpha value is -4.27. The van der Waals surface area contributed by atoms with Crippen LogP contribution in [0.4, 0.5) is 24.8 Å². The van der Waals surface area contributed by atoms with Gasteiger partial charge in [0.25, 0.3) is 5.91 Å². The predicted molar refractivity (Wildman–Crippen MR) is 176 cm³/mol. The largest absolute Gasteiger partial charge is 0.416 e. The molecule has 47 heavy (non-hydrogen) atoms. The summed E-state index contributed by atoms with van der Waals surface area (Å²) in [5.41, 5.74) is 7.77. The SMILES string of the molecule is CC1CCCN(C)C1.CN=C(c1ccc(C(=O)Nc2cc(C(F)(F)F)ccn2)cc1)c1c(C)ncnc1N.COCCOCCC=O. The number of aliphatic imine (C=N–C) groups is 1. The van der Waals surface area contributed by atoms with Crippen LogP contribution in [0.15, 0.2) is 53.9 Å². The van der Waals surface area contributed by atoms with Crippen molar-refractivity contribution in [2.75, 3.05) is 65.2 Å². The normalized spacial score (nSPS) is 15.1. The number of nitrogen functional groups attached to an aromatic ring is 1. The minimum atomic E-state index is -4.53. The van der Waals surface area contributed by atoms with Crippen LogP contribution in [0.5, 0.6) is 0 Å². The molecule has 4 rings (SSSR count). The molecule has 1 aromatic carbocycles. The molecule has 1 aliphatic heterocycles. The van der Waals surface area contributed by atoms with Crippen molar-refractivity contribution in [2.45, 2.75) is 39.3 Å². The Balaban J connectivity index is 0.000000368. The van der Waals surface area contributed by atoms with E-state index in [0.29, 0.717) is 48.8 Å². The first-order chi connectivity index (χ1) is 22.4. The predicted octanol–water partition coefficient (Wildman–Crippen LogP) is 5.09. The number of alkyl halides is 3. The summed E-state index contributed by atoms with van der Waals surface area (Å²) in [6.07, 6.45) is 1.97. The van der Waals surface area contributed by atoms with E-state index in [2.05, 4.69) is 44.1 Å². The van der Waals surface area contributed by atoms with Crippen molar-refractivity contribution in [3.63, 3.8) is 0 Å². The smallest absolute Gasteiger partial charge is 0.383 e. The maximum absolute atomic E-state index is 12.8. The van der Waals surface area contributed by atoms with Crippen LogP contribution in [0.25, 0.3) is 0 Å². The van der Waals surface area contributed by atoms with Gasteiger partial charge in [0, 0.05) is 44.4 Å². The second-order valence-electron chi connectivity index (χ2n) is 10.8. The first-order valence-corrected chi connectivity index (χ1v) is 15.1. The third-order valence-corrected chi connectivity index (χ3v) is 6.95. The lowest BCUT2D eigenvalue weighted by Gasteiger charge is -2.26. The van der Waals surface area contributed by atoms with Crippen molar-refractivity contribution >= 4 is 29.5 Å². The van der Waals surface area contributed by atoms with E-state index in [4.69, 9.17) is 15.2 Å². The molecule has 0 radical (unpaired) electrons. The second kappa shape index (κ2) is 20.1. The molecular weight excluding hydrogens is 615 g/mol. The lowest BCUT2D eigenvalue weighted by molar-refractivity contribution is -0.137. The van der Waals surface area contributed by atoms with Crippen LogP contribution < -0.4 is 11.1 Å². The molecule has 256 valence electrons. The van der Waals surface area contributed by atoms with Gasteiger partial charge in [-0.25, -0.2) is 15.0 Å². The number of nitrogens with one attached hydrogen (secondary N) is 1. The van der Waals surface area contributed by atoms with Crippen LogP contribution in [0, 0.1) is 12.8 Å². The molecule has 2 aromatic heterocycles. The molecule has 1 unspecified atom stereocenters. The number of halogens is 3. The summed E-state index contributed by atoms with van der Waals surface area (Å²) in [5.74, 6) is 0.427. The van der Waals surface area contributed by atoms with Crippen LogP contribution in [0.2, 0.25) is 0 Å². The highest BCUT2D eigenvalue weighted by Gasteiger charge is 2.31. The molecule has 0 spiro atoms. The van der Waals surface area contributed by atoms with Crippen molar-refractivity contribution in [3.05, 3.63) is 76.9 Å². The van der Waals surface area contributed by atoms with Gasteiger partial charge in [-0.3, -0.25) is 9.79 Å². The van der Waals surface area contributed by atoms with E-state index in [1.165, 1.54) is 44.4 Å². The third-order valence-electron chi connectivity index (χ3n) is 6.95. The number of carbonyl (C=O) groups excluding carboxylic acids is 2. The summed E-state index contributed by atoms with van der Waals surface area (Å²) >= 11 is 0. The molecule has 0 aliphatic carbocycles. The van der Waals surface area contributed by atoms with E-state index in [1.807, 2.05) is 0 Å². The number of aromatic nitrogens is 3. The molecule has 3 heterocycles. The van der Waals surface area contributed by atoms with E-state index in [9.17, 15) is 22.8 Å². The summed E-state index contributed by atoms with van der Waals surface area (Å²) in [7, 11) is 5.42. The van der Waals surface area contributed by atoms with Gasteiger partial charge in [0.2, 0.25) is 0 Å². The molecule has 1 fully saturated rings. The van der Waals surface area contributed by atoms with Gasteiger partial charge in [-0.2, -0.15) is 13.2 Å². The average molecular weight is 660 g/mol. The van der Waals surface area contributed by atoms with Crippen molar-refractivity contribution in [1.82, 2.24) is 19.9 Å². The lowest BCUT2D eigenvalue weighted by Crippen LogP contribution is -2.30. The summed E-state index contributed by atoms with van der Waals surface area (Å²) in [6, 6.07) is 7.97. The first-order valence-electron chi connectivity index (χ1n) is 15.1. The standard InChI is InChI=1S/C20H17F3N6O.C7H15N.C6H12O3/c1-11-16(18(24)28-10-27-11)17(25-2)12-3-5-13(6-4-12)19(30)29-15-9-14(7-8-26-15)20(21,22)23;1-7-4-3-5-8(2)6-7;1-8-5-6-9-4-2-3-7/h3-10H,1-2H3,(H2,24,27,28)(H,26,29,30);7H,3-6H2,1-2H3;3H,2,4-6H2,1H3. The molecule has 1 amide bonds. The van der Waals surface area contributed by atoms with E-state index in [-0.39, 0.29) is 17.2 Å². The van der Waals surface area contributed by atoms with Crippen LogP contribution in [-0.4, -0.2) is 91.9 Å². The summed E-state index contributed by atoms with van der Waals surface area (Å²) < 4.78 is 48.1. The number of aryl methyl sites for hydroxylation is 1. The Labute approximate surface area is 273 Å². The number of anilines is 2. The van der Waals surface area contributed by atoms with Crippen molar-refractivity contribution < 1.29 is 32.2 Å². The highest BCUT2D eigenvalue weighted by molar-refractivity contribution is 6.16. The number of likely N-dealkylation sites (tertiary alicyclic amines) is 1. The molecule has 14 heteroatoms. The van der Waals surface area contributed by atoms with Gasteiger partial charge in [0.1, 0.15) is 24.2 Å². The van der Waals surface area contributed by atoms with Crippen LogP contribution in [-0.2, 0) is 20.4 Å². The van der Waals surface area contributed by atoms with Crippen molar-refractivity contribution in [3.8, 4) is 0 Å². The maximum atomic E-state index is 12.8. The Morgan fingerprint density at radius 3 is 2.38 bits per heavy atom. The number of nitrogens with two attached hydrogens (primary N) is 1. The fourth-order valence-corrected chi connectivity index (χ4v) is 4.61.